The first-order valence-electron chi connectivity index (χ1n) is 4.69. The molecule has 0 radical (unpaired) electrons. The normalized spacial score (nSPS) is 13.1. The highest BCUT2D eigenvalue weighted by Gasteiger charge is 2.28. The van der Waals surface area contributed by atoms with Crippen LogP contribution in [-0.4, -0.2) is 25.7 Å². The molecule has 0 aliphatic heterocycles. The lowest BCUT2D eigenvalue weighted by atomic mass is 9.94. The van der Waals surface area contributed by atoms with Gasteiger partial charge in [-0.2, -0.15) is 5.26 Å². The van der Waals surface area contributed by atoms with Crippen LogP contribution in [0.25, 0.3) is 0 Å². The van der Waals surface area contributed by atoms with Crippen molar-refractivity contribution in [2.24, 2.45) is 5.41 Å². The third-order valence-electron chi connectivity index (χ3n) is 2.04. The van der Waals surface area contributed by atoms with E-state index in [1.165, 1.54) is 0 Å². The van der Waals surface area contributed by atoms with Crippen molar-refractivity contribution in [1.29, 1.82) is 5.26 Å². The molecule has 1 atom stereocenters. The number of carbonyl (C=O) groups is 1. The van der Waals surface area contributed by atoms with Gasteiger partial charge in [0.05, 0.1) is 18.7 Å². The zero-order valence-electron chi connectivity index (χ0n) is 9.26. The van der Waals surface area contributed by atoms with Gasteiger partial charge in [0.1, 0.15) is 5.41 Å². The van der Waals surface area contributed by atoms with Gasteiger partial charge in [-0.05, 0) is 20.3 Å². The van der Waals surface area contributed by atoms with E-state index in [0.29, 0.717) is 6.61 Å². The fourth-order valence-electron chi connectivity index (χ4n) is 0.879. The van der Waals surface area contributed by atoms with Crippen molar-refractivity contribution < 1.29 is 9.53 Å². The monoisotopic (exact) mass is 198 g/mol. The molecule has 1 N–H and O–H groups in total. The predicted octanol–water partition coefficient (Wildman–Crippen LogP) is 1.08. The van der Waals surface area contributed by atoms with Gasteiger partial charge < -0.3 is 10.1 Å². The second-order valence-electron chi connectivity index (χ2n) is 3.77. The van der Waals surface area contributed by atoms with Crippen molar-refractivity contribution in [3.05, 3.63) is 0 Å². The van der Waals surface area contributed by atoms with Crippen LogP contribution < -0.4 is 5.32 Å². The molecule has 0 aromatic heterocycles. The molecule has 0 spiro atoms. The van der Waals surface area contributed by atoms with E-state index >= 15 is 0 Å². The highest BCUT2D eigenvalue weighted by atomic mass is 16.5. The van der Waals surface area contributed by atoms with Crippen LogP contribution in [-0.2, 0) is 9.53 Å². The molecule has 0 fully saturated rings. The summed E-state index contributed by atoms with van der Waals surface area (Å²) in [6.45, 7) is 5.64. The van der Waals surface area contributed by atoms with Crippen molar-refractivity contribution in [3.8, 4) is 6.07 Å². The highest BCUT2D eigenvalue weighted by molar-refractivity contribution is 5.84. The Hall–Kier alpha value is -1.08. The molecule has 1 amide bonds. The molecular formula is C10H18N2O2. The number of methoxy groups -OCH3 is 1. The van der Waals surface area contributed by atoms with Crippen molar-refractivity contribution in [2.45, 2.75) is 33.2 Å². The standard InChI is InChI=1S/C10H18N2O2/c1-5-8(6-14-4)12-9(13)10(2,3)7-11/h8H,5-6H2,1-4H3,(H,12,13). The van der Waals surface area contributed by atoms with Crippen LogP contribution in [0.3, 0.4) is 0 Å². The topological polar surface area (TPSA) is 62.1 Å². The Labute approximate surface area is 85.2 Å². The van der Waals surface area contributed by atoms with E-state index in [0.717, 1.165) is 6.42 Å². The number of amides is 1. The van der Waals surface area contributed by atoms with Gasteiger partial charge in [0.2, 0.25) is 5.91 Å². The Morgan fingerprint density at radius 1 is 1.64 bits per heavy atom. The van der Waals surface area contributed by atoms with Gasteiger partial charge in [-0.1, -0.05) is 6.92 Å². The third-order valence-corrected chi connectivity index (χ3v) is 2.04. The number of carbonyl (C=O) groups excluding carboxylic acids is 1. The smallest absolute Gasteiger partial charge is 0.240 e. The van der Waals surface area contributed by atoms with Crippen LogP contribution >= 0.6 is 0 Å². The lowest BCUT2D eigenvalue weighted by Crippen LogP contribution is -2.44. The first kappa shape index (κ1) is 12.9. The SMILES string of the molecule is CCC(COC)NC(=O)C(C)(C)C#N. The van der Waals surface area contributed by atoms with Crippen LogP contribution in [0.5, 0.6) is 0 Å². The number of nitrogens with zero attached hydrogens (tertiary/aromatic N) is 1. The summed E-state index contributed by atoms with van der Waals surface area (Å²) in [6, 6.07) is 1.95. The van der Waals surface area contributed by atoms with Crippen molar-refractivity contribution in [3.63, 3.8) is 0 Å². The fraction of sp³-hybridized carbons (Fsp3) is 0.800. The summed E-state index contributed by atoms with van der Waals surface area (Å²) in [4.78, 5) is 11.6. The predicted molar refractivity (Wildman–Crippen MR) is 53.5 cm³/mol. The van der Waals surface area contributed by atoms with Gasteiger partial charge in [-0.15, -0.1) is 0 Å². The zero-order chi connectivity index (χ0) is 11.2. The van der Waals surface area contributed by atoms with Crippen LogP contribution in [0.15, 0.2) is 0 Å². The molecule has 1 unspecified atom stereocenters. The van der Waals surface area contributed by atoms with Crippen molar-refractivity contribution in [1.82, 2.24) is 5.32 Å². The number of nitriles is 1. The van der Waals surface area contributed by atoms with E-state index in [4.69, 9.17) is 10.00 Å². The quantitative estimate of drug-likeness (QED) is 0.719. The molecule has 0 saturated heterocycles. The number of nitrogens with one attached hydrogen (secondary N) is 1. The summed E-state index contributed by atoms with van der Waals surface area (Å²) in [6.07, 6.45) is 0.793. The molecule has 14 heavy (non-hydrogen) atoms. The molecule has 0 aromatic carbocycles. The molecule has 0 aliphatic rings. The Balaban J connectivity index is 4.24. The minimum absolute atomic E-state index is 0.0138. The van der Waals surface area contributed by atoms with Crippen molar-refractivity contribution >= 4 is 5.91 Å². The molecule has 4 heteroatoms. The molecular weight excluding hydrogens is 180 g/mol. The average Bonchev–Trinajstić information content (AvgIpc) is 2.16. The fourth-order valence-corrected chi connectivity index (χ4v) is 0.879. The summed E-state index contributed by atoms with van der Waals surface area (Å²) in [5.41, 5.74) is -0.971. The molecule has 0 saturated carbocycles. The summed E-state index contributed by atoms with van der Waals surface area (Å²) in [5, 5.41) is 11.5. The second-order valence-corrected chi connectivity index (χ2v) is 3.77. The second kappa shape index (κ2) is 5.61. The Kier molecular flexibility index (Phi) is 5.18. The van der Waals surface area contributed by atoms with Crippen molar-refractivity contribution in [2.75, 3.05) is 13.7 Å². The van der Waals surface area contributed by atoms with Crippen LogP contribution in [0.4, 0.5) is 0 Å². The lowest BCUT2D eigenvalue weighted by Gasteiger charge is -2.21. The molecule has 0 aromatic rings. The summed E-state index contributed by atoms with van der Waals surface area (Å²) in [7, 11) is 1.59. The number of hydrogen-bond acceptors (Lipinski definition) is 3. The largest absolute Gasteiger partial charge is 0.383 e. The van der Waals surface area contributed by atoms with E-state index in [9.17, 15) is 4.79 Å². The first-order chi connectivity index (χ1) is 6.47. The summed E-state index contributed by atoms with van der Waals surface area (Å²) < 4.78 is 4.94. The van der Waals surface area contributed by atoms with Gasteiger partial charge >= 0.3 is 0 Å². The Morgan fingerprint density at radius 3 is 2.57 bits per heavy atom. The van der Waals surface area contributed by atoms with Gasteiger partial charge in [0.25, 0.3) is 0 Å². The number of rotatable bonds is 5. The maximum absolute atomic E-state index is 11.6. The van der Waals surface area contributed by atoms with E-state index in [1.54, 1.807) is 21.0 Å². The van der Waals surface area contributed by atoms with E-state index < -0.39 is 5.41 Å². The van der Waals surface area contributed by atoms with E-state index in [2.05, 4.69) is 5.32 Å². The van der Waals surface area contributed by atoms with Gasteiger partial charge in [0, 0.05) is 7.11 Å². The molecule has 0 bridgehead atoms. The average molecular weight is 198 g/mol. The van der Waals surface area contributed by atoms with Crippen LogP contribution in [0, 0.1) is 16.7 Å². The number of ether oxygens (including phenoxy) is 1. The minimum atomic E-state index is -0.971. The van der Waals surface area contributed by atoms with E-state index in [-0.39, 0.29) is 11.9 Å². The van der Waals surface area contributed by atoms with E-state index in [1.807, 2.05) is 13.0 Å². The van der Waals surface area contributed by atoms with Gasteiger partial charge in [-0.25, -0.2) is 0 Å². The third kappa shape index (κ3) is 3.75. The highest BCUT2D eigenvalue weighted by Crippen LogP contribution is 2.13. The molecule has 0 aliphatic carbocycles. The first-order valence-corrected chi connectivity index (χ1v) is 4.69. The minimum Gasteiger partial charge on any atom is -0.383 e. The zero-order valence-corrected chi connectivity index (χ0v) is 9.26. The summed E-state index contributed by atoms with van der Waals surface area (Å²) in [5.74, 6) is -0.246. The molecule has 0 rings (SSSR count). The van der Waals surface area contributed by atoms with Gasteiger partial charge in [0.15, 0.2) is 0 Å². The van der Waals surface area contributed by atoms with Crippen LogP contribution in [0.1, 0.15) is 27.2 Å². The number of hydrogen-bond donors (Lipinski definition) is 1. The molecule has 0 heterocycles. The Bertz CT molecular complexity index is 231. The maximum Gasteiger partial charge on any atom is 0.240 e. The van der Waals surface area contributed by atoms with Crippen LogP contribution in [0.2, 0.25) is 0 Å². The lowest BCUT2D eigenvalue weighted by molar-refractivity contribution is -0.127. The summed E-state index contributed by atoms with van der Waals surface area (Å²) >= 11 is 0. The molecule has 4 nitrogen and oxygen atoms in total. The Morgan fingerprint density at radius 2 is 2.21 bits per heavy atom. The molecule has 80 valence electrons. The van der Waals surface area contributed by atoms with Gasteiger partial charge in [-0.3, -0.25) is 4.79 Å². The maximum atomic E-state index is 11.6.